The summed E-state index contributed by atoms with van der Waals surface area (Å²) in [6.45, 7) is 1.16. The minimum Gasteiger partial charge on any atom is -0.346 e. The summed E-state index contributed by atoms with van der Waals surface area (Å²) in [5.74, 6) is -0.985. The number of nitrogens with one attached hydrogen (secondary N) is 3. The lowest BCUT2D eigenvalue weighted by atomic mass is 9.99. The number of carbonyl (C=O) groups is 1. The summed E-state index contributed by atoms with van der Waals surface area (Å²) in [5.41, 5.74) is 0.431. The molecule has 2 atom stereocenters. The van der Waals surface area contributed by atoms with Crippen molar-refractivity contribution in [2.75, 3.05) is 25.0 Å². The molecule has 7 nitrogen and oxygen atoms in total. The van der Waals surface area contributed by atoms with Gasteiger partial charge in [0, 0.05) is 19.8 Å². The van der Waals surface area contributed by atoms with Crippen LogP contribution in [-0.4, -0.2) is 53.3 Å². The topological polar surface area (TPSA) is 85.9 Å². The summed E-state index contributed by atoms with van der Waals surface area (Å²) in [5, 5.41) is 5.61. The quantitative estimate of drug-likeness (QED) is 0.721. The summed E-state index contributed by atoms with van der Waals surface area (Å²) >= 11 is 0. The molecule has 2 aromatic rings. The highest BCUT2D eigenvalue weighted by molar-refractivity contribution is 5.87. The van der Waals surface area contributed by atoms with E-state index in [9.17, 15) is 18.0 Å². The highest BCUT2D eigenvalue weighted by Gasteiger charge is 2.45. The van der Waals surface area contributed by atoms with Crippen LogP contribution in [0, 0.1) is 5.92 Å². The molecule has 1 aliphatic rings. The summed E-state index contributed by atoms with van der Waals surface area (Å²) in [6, 6.07) is 1.60. The van der Waals surface area contributed by atoms with E-state index in [1.807, 2.05) is 0 Å². The van der Waals surface area contributed by atoms with Crippen LogP contribution >= 0.6 is 0 Å². The molecule has 3 N–H and O–H groups in total. The lowest BCUT2D eigenvalue weighted by Crippen LogP contribution is -2.57. The Morgan fingerprint density at radius 2 is 2.24 bits per heavy atom. The standard InChI is InChI=1S/C15H19F3N6O/c1-24(12-10-4-6-20-11(10)21-8-22-12)14(15(16,17)18)23-13(25)9-3-2-5-19-7-9/h4,6,8-9,14,19H,2-3,5,7H2,1H3,(H,23,25)(H,20,21,22). The van der Waals surface area contributed by atoms with E-state index in [2.05, 4.69) is 25.6 Å². The number of nitrogens with zero attached hydrogens (tertiary/aromatic N) is 3. The number of alkyl halides is 3. The third-order valence-corrected chi connectivity index (χ3v) is 4.31. The Morgan fingerprint density at radius 1 is 1.44 bits per heavy atom. The largest absolute Gasteiger partial charge is 0.427 e. The maximum Gasteiger partial charge on any atom is 0.427 e. The van der Waals surface area contributed by atoms with Crippen molar-refractivity contribution in [1.29, 1.82) is 0 Å². The molecule has 3 heterocycles. The van der Waals surface area contributed by atoms with Crippen molar-refractivity contribution >= 4 is 22.8 Å². The maximum atomic E-state index is 13.6. The average molecular weight is 356 g/mol. The van der Waals surface area contributed by atoms with Gasteiger partial charge in [-0.1, -0.05) is 0 Å². The van der Waals surface area contributed by atoms with Crippen LogP contribution in [0.4, 0.5) is 19.0 Å². The predicted octanol–water partition coefficient (Wildman–Crippen LogP) is 1.40. The summed E-state index contributed by atoms with van der Waals surface area (Å²) in [6.07, 6.45) is -2.73. The zero-order valence-electron chi connectivity index (χ0n) is 13.6. The number of carbonyl (C=O) groups excluding carboxylic acids is 1. The Labute approximate surface area is 142 Å². The molecule has 1 amide bonds. The molecule has 10 heteroatoms. The first-order valence-corrected chi connectivity index (χ1v) is 7.96. The Morgan fingerprint density at radius 3 is 2.92 bits per heavy atom. The Bertz CT molecular complexity index is 740. The lowest BCUT2D eigenvalue weighted by molar-refractivity contribution is -0.162. The highest BCUT2D eigenvalue weighted by atomic mass is 19.4. The van der Waals surface area contributed by atoms with Crippen molar-refractivity contribution in [2.45, 2.75) is 25.2 Å². The van der Waals surface area contributed by atoms with Crippen LogP contribution in [-0.2, 0) is 4.79 Å². The molecular formula is C15H19F3N6O. The average Bonchev–Trinajstić information content (AvgIpc) is 3.07. The van der Waals surface area contributed by atoms with E-state index >= 15 is 0 Å². The van der Waals surface area contributed by atoms with E-state index in [0.717, 1.165) is 17.9 Å². The summed E-state index contributed by atoms with van der Waals surface area (Å²) in [4.78, 5) is 24.0. The molecule has 2 unspecified atom stereocenters. The van der Waals surface area contributed by atoms with E-state index in [-0.39, 0.29) is 5.82 Å². The van der Waals surface area contributed by atoms with E-state index in [4.69, 9.17) is 0 Å². The van der Waals surface area contributed by atoms with Gasteiger partial charge >= 0.3 is 6.18 Å². The fourth-order valence-electron chi connectivity index (χ4n) is 2.99. The number of aromatic nitrogens is 3. The third kappa shape index (κ3) is 3.68. The van der Waals surface area contributed by atoms with Gasteiger partial charge in [0.1, 0.15) is 17.8 Å². The normalized spacial score (nSPS) is 19.6. The molecule has 0 bridgehead atoms. The molecule has 1 fully saturated rings. The van der Waals surface area contributed by atoms with Crippen LogP contribution in [0.25, 0.3) is 11.0 Å². The number of anilines is 1. The molecular weight excluding hydrogens is 337 g/mol. The number of fused-ring (bicyclic) bond motifs is 1. The Kier molecular flexibility index (Phi) is 4.80. The van der Waals surface area contributed by atoms with Crippen molar-refractivity contribution in [1.82, 2.24) is 25.6 Å². The fraction of sp³-hybridized carbons (Fsp3) is 0.533. The van der Waals surface area contributed by atoms with Crippen molar-refractivity contribution in [3.8, 4) is 0 Å². The first-order chi connectivity index (χ1) is 11.9. The molecule has 1 saturated heterocycles. The van der Waals surface area contributed by atoms with Crippen molar-refractivity contribution in [3.05, 3.63) is 18.6 Å². The van der Waals surface area contributed by atoms with E-state index in [1.165, 1.54) is 13.4 Å². The minimum atomic E-state index is -4.65. The SMILES string of the molecule is CN(c1ncnc2[nH]ccc12)C(NC(=O)C1CCCNC1)C(F)(F)F. The predicted molar refractivity (Wildman–Crippen MR) is 85.9 cm³/mol. The molecule has 0 aromatic carbocycles. The fourth-order valence-corrected chi connectivity index (χ4v) is 2.99. The second-order valence-electron chi connectivity index (χ2n) is 6.04. The molecule has 136 valence electrons. The van der Waals surface area contributed by atoms with Crippen LogP contribution in [0.3, 0.4) is 0 Å². The second kappa shape index (κ2) is 6.87. The Balaban J connectivity index is 1.85. The van der Waals surface area contributed by atoms with Crippen LogP contribution in [0.1, 0.15) is 12.8 Å². The maximum absolute atomic E-state index is 13.6. The van der Waals surface area contributed by atoms with Gasteiger partial charge < -0.3 is 20.5 Å². The molecule has 1 aliphatic heterocycles. The first kappa shape index (κ1) is 17.5. The van der Waals surface area contributed by atoms with Crippen LogP contribution in [0.2, 0.25) is 0 Å². The molecule has 25 heavy (non-hydrogen) atoms. The van der Waals surface area contributed by atoms with Crippen molar-refractivity contribution in [3.63, 3.8) is 0 Å². The van der Waals surface area contributed by atoms with E-state index in [0.29, 0.717) is 24.0 Å². The lowest BCUT2D eigenvalue weighted by Gasteiger charge is -2.33. The number of rotatable bonds is 4. The smallest absolute Gasteiger partial charge is 0.346 e. The molecule has 0 spiro atoms. The Hall–Kier alpha value is -2.36. The molecule has 0 aliphatic carbocycles. The number of hydrogen-bond donors (Lipinski definition) is 3. The van der Waals surface area contributed by atoms with Gasteiger partial charge in [-0.15, -0.1) is 0 Å². The van der Waals surface area contributed by atoms with Gasteiger partial charge in [-0.2, -0.15) is 13.2 Å². The molecule has 0 radical (unpaired) electrons. The van der Waals surface area contributed by atoms with Crippen LogP contribution in [0.15, 0.2) is 18.6 Å². The zero-order valence-corrected chi connectivity index (χ0v) is 13.6. The van der Waals surface area contributed by atoms with Gasteiger partial charge in [0.2, 0.25) is 12.1 Å². The van der Waals surface area contributed by atoms with Gasteiger partial charge in [-0.05, 0) is 25.5 Å². The van der Waals surface area contributed by atoms with Gasteiger partial charge in [-0.3, -0.25) is 4.79 Å². The number of aromatic amines is 1. The zero-order chi connectivity index (χ0) is 18.0. The highest BCUT2D eigenvalue weighted by Crippen LogP contribution is 2.29. The minimum absolute atomic E-state index is 0.0932. The number of H-pyrrole nitrogens is 1. The number of piperidine rings is 1. The summed E-state index contributed by atoms with van der Waals surface area (Å²) < 4.78 is 40.8. The monoisotopic (exact) mass is 356 g/mol. The first-order valence-electron chi connectivity index (χ1n) is 7.96. The van der Waals surface area contributed by atoms with E-state index in [1.54, 1.807) is 12.3 Å². The third-order valence-electron chi connectivity index (χ3n) is 4.31. The number of hydrogen-bond acceptors (Lipinski definition) is 5. The van der Waals surface area contributed by atoms with E-state index < -0.39 is 24.2 Å². The van der Waals surface area contributed by atoms with Gasteiger partial charge in [0.25, 0.3) is 0 Å². The van der Waals surface area contributed by atoms with Gasteiger partial charge in [-0.25, -0.2) is 9.97 Å². The summed E-state index contributed by atoms with van der Waals surface area (Å²) in [7, 11) is 1.26. The molecule has 2 aromatic heterocycles. The number of halogens is 3. The van der Waals surface area contributed by atoms with Gasteiger partial charge in [0.05, 0.1) is 11.3 Å². The van der Waals surface area contributed by atoms with Gasteiger partial charge in [0.15, 0.2) is 0 Å². The number of amides is 1. The van der Waals surface area contributed by atoms with Crippen LogP contribution in [0.5, 0.6) is 0 Å². The molecule has 3 rings (SSSR count). The van der Waals surface area contributed by atoms with Crippen molar-refractivity contribution < 1.29 is 18.0 Å². The van der Waals surface area contributed by atoms with Crippen molar-refractivity contribution in [2.24, 2.45) is 5.92 Å². The molecule has 0 saturated carbocycles. The second-order valence-corrected chi connectivity index (χ2v) is 6.04. The van der Waals surface area contributed by atoms with Crippen LogP contribution < -0.4 is 15.5 Å².